The molecule has 0 saturated heterocycles. The Labute approximate surface area is 151 Å². The van der Waals surface area contributed by atoms with E-state index in [1.165, 1.54) is 5.56 Å². The van der Waals surface area contributed by atoms with Crippen molar-refractivity contribution in [3.63, 3.8) is 0 Å². The smallest absolute Gasteiger partial charge is 0.251 e. The molecular weight excluding hydrogens is 326 g/mol. The van der Waals surface area contributed by atoms with Gasteiger partial charge >= 0.3 is 0 Å². The fourth-order valence-electron chi connectivity index (χ4n) is 2.90. The molecule has 0 aliphatic carbocycles. The molecule has 0 amide bonds. The van der Waals surface area contributed by atoms with Gasteiger partial charge in [0.2, 0.25) is 0 Å². The molecule has 4 aromatic rings. The van der Waals surface area contributed by atoms with Gasteiger partial charge in [-0.05, 0) is 43.2 Å². The first-order valence-corrected chi connectivity index (χ1v) is 8.52. The fraction of sp³-hybridized carbons (Fsp3) is 0.200. The summed E-state index contributed by atoms with van der Waals surface area (Å²) in [7, 11) is 0. The van der Waals surface area contributed by atoms with Crippen molar-refractivity contribution in [1.82, 2.24) is 24.7 Å². The van der Waals surface area contributed by atoms with Crippen molar-refractivity contribution >= 4 is 10.9 Å². The van der Waals surface area contributed by atoms with Gasteiger partial charge in [0.05, 0.1) is 23.0 Å². The maximum atomic E-state index is 9.99. The molecule has 26 heavy (non-hydrogen) atoms. The molecule has 1 aromatic carbocycles. The highest BCUT2D eigenvalue weighted by atomic mass is 16.3. The topological polar surface area (TPSA) is 76.7 Å². The number of aliphatic hydroxyl groups excluding tert-OH is 1. The zero-order valence-corrected chi connectivity index (χ0v) is 14.6. The van der Waals surface area contributed by atoms with E-state index < -0.39 is 6.10 Å². The summed E-state index contributed by atoms with van der Waals surface area (Å²) in [5.41, 5.74) is 4.32. The summed E-state index contributed by atoms with van der Waals surface area (Å²) in [4.78, 5) is 13.3. The second kappa shape index (κ2) is 6.65. The summed E-state index contributed by atoms with van der Waals surface area (Å²) in [6.07, 6.45) is 5.56. The summed E-state index contributed by atoms with van der Waals surface area (Å²) in [5.74, 6) is 0.442. The molecule has 3 heterocycles. The third kappa shape index (κ3) is 2.84. The van der Waals surface area contributed by atoms with Crippen molar-refractivity contribution in [2.24, 2.45) is 0 Å². The predicted molar refractivity (Wildman–Crippen MR) is 98.7 cm³/mol. The lowest BCUT2D eigenvalue weighted by Gasteiger charge is -2.05. The lowest BCUT2D eigenvalue weighted by molar-refractivity contribution is 0.195. The molecule has 1 unspecified atom stereocenters. The summed E-state index contributed by atoms with van der Waals surface area (Å²) >= 11 is 0. The first kappa shape index (κ1) is 16.4. The number of pyridine rings is 1. The number of fused-ring (bicyclic) bond motifs is 1. The Morgan fingerprint density at radius 3 is 2.73 bits per heavy atom. The van der Waals surface area contributed by atoms with Gasteiger partial charge in [0, 0.05) is 29.5 Å². The highest BCUT2D eigenvalue weighted by Crippen LogP contribution is 2.25. The van der Waals surface area contributed by atoms with Crippen LogP contribution in [0.2, 0.25) is 0 Å². The Balaban J connectivity index is 1.77. The highest BCUT2D eigenvalue weighted by Gasteiger charge is 2.16. The van der Waals surface area contributed by atoms with E-state index in [4.69, 9.17) is 0 Å². The molecule has 0 aliphatic rings. The van der Waals surface area contributed by atoms with Crippen molar-refractivity contribution in [3.05, 3.63) is 66.2 Å². The van der Waals surface area contributed by atoms with Crippen LogP contribution >= 0.6 is 0 Å². The van der Waals surface area contributed by atoms with Crippen LogP contribution in [-0.4, -0.2) is 29.8 Å². The van der Waals surface area contributed by atoms with Crippen molar-refractivity contribution in [1.29, 1.82) is 0 Å². The fourth-order valence-corrected chi connectivity index (χ4v) is 2.90. The minimum absolute atomic E-state index is 0.442. The van der Waals surface area contributed by atoms with Crippen LogP contribution in [0.15, 0.2) is 48.9 Å². The van der Waals surface area contributed by atoms with Gasteiger partial charge in [-0.1, -0.05) is 19.1 Å². The van der Waals surface area contributed by atoms with Gasteiger partial charge in [-0.25, -0.2) is 9.97 Å². The molecule has 0 aliphatic heterocycles. The van der Waals surface area contributed by atoms with E-state index >= 15 is 0 Å². The molecule has 4 rings (SSSR count). The maximum absolute atomic E-state index is 9.99. The standard InChI is InChI=1S/C20H18N5O/c1-3-14-8-9-21-17(10-14)15-11-22-20(23-12-15)25-18-7-5-4-6-16(18)19(24-25)13(2)26/h4,6-13,26H,3H2,1-2H3. The number of hydrogen-bond donors (Lipinski definition) is 1. The monoisotopic (exact) mass is 344 g/mol. The number of rotatable bonds is 4. The minimum atomic E-state index is -0.679. The quantitative estimate of drug-likeness (QED) is 0.615. The molecule has 0 bridgehead atoms. The van der Waals surface area contributed by atoms with E-state index in [9.17, 15) is 5.11 Å². The Kier molecular flexibility index (Phi) is 4.18. The van der Waals surface area contributed by atoms with Gasteiger partial charge in [0.25, 0.3) is 5.95 Å². The first-order valence-electron chi connectivity index (χ1n) is 8.52. The Morgan fingerprint density at radius 1 is 1.19 bits per heavy atom. The predicted octanol–water partition coefficient (Wildman–Crippen LogP) is 3.29. The normalized spacial score (nSPS) is 12.4. The summed E-state index contributed by atoms with van der Waals surface area (Å²) in [6.45, 7) is 3.80. The van der Waals surface area contributed by atoms with Crippen LogP contribution in [0.3, 0.4) is 0 Å². The molecule has 6 heteroatoms. The molecule has 0 spiro atoms. The van der Waals surface area contributed by atoms with Gasteiger partial charge in [0.15, 0.2) is 0 Å². The van der Waals surface area contributed by atoms with Gasteiger partial charge in [-0.3, -0.25) is 4.98 Å². The summed E-state index contributed by atoms with van der Waals surface area (Å²) < 4.78 is 1.63. The van der Waals surface area contributed by atoms with E-state index in [0.717, 1.165) is 28.6 Å². The molecule has 1 radical (unpaired) electrons. The van der Waals surface area contributed by atoms with Crippen LogP contribution in [0.25, 0.3) is 28.1 Å². The molecule has 1 N–H and O–H groups in total. The van der Waals surface area contributed by atoms with Crippen LogP contribution in [0.1, 0.15) is 31.2 Å². The van der Waals surface area contributed by atoms with Gasteiger partial charge in [0.1, 0.15) is 0 Å². The number of nitrogens with zero attached hydrogens (tertiary/aromatic N) is 5. The average Bonchev–Trinajstić information content (AvgIpc) is 3.08. The van der Waals surface area contributed by atoms with Gasteiger partial charge in [-0.15, -0.1) is 0 Å². The Hall–Kier alpha value is -3.12. The SMILES string of the molecule is CCc1ccnc(-c2cnc(-n3nc(C(C)O)c4cc[c]cc43)nc2)c1. The first-order chi connectivity index (χ1) is 12.7. The number of benzene rings is 1. The molecule has 6 nitrogen and oxygen atoms in total. The summed E-state index contributed by atoms with van der Waals surface area (Å²) in [6, 6.07) is 12.6. The van der Waals surface area contributed by atoms with Crippen LogP contribution in [0.4, 0.5) is 0 Å². The minimum Gasteiger partial charge on any atom is -0.387 e. The van der Waals surface area contributed by atoms with Gasteiger partial charge in [-0.2, -0.15) is 9.78 Å². The zero-order chi connectivity index (χ0) is 18.1. The largest absolute Gasteiger partial charge is 0.387 e. The van der Waals surface area contributed by atoms with Crippen LogP contribution in [0.5, 0.6) is 0 Å². The van der Waals surface area contributed by atoms with Crippen LogP contribution < -0.4 is 0 Å². The number of hydrogen-bond acceptors (Lipinski definition) is 5. The van der Waals surface area contributed by atoms with Crippen molar-refractivity contribution < 1.29 is 5.11 Å². The second-order valence-electron chi connectivity index (χ2n) is 6.09. The van der Waals surface area contributed by atoms with E-state index in [-0.39, 0.29) is 0 Å². The molecule has 129 valence electrons. The third-order valence-corrected chi connectivity index (χ3v) is 4.31. The van der Waals surface area contributed by atoms with E-state index in [0.29, 0.717) is 11.6 Å². The Morgan fingerprint density at radius 2 is 2.00 bits per heavy atom. The number of aryl methyl sites for hydroxylation is 1. The van der Waals surface area contributed by atoms with Crippen molar-refractivity contribution in [3.8, 4) is 17.2 Å². The zero-order valence-electron chi connectivity index (χ0n) is 14.6. The molecule has 0 fully saturated rings. The molecule has 1 atom stereocenters. The van der Waals surface area contributed by atoms with E-state index in [1.54, 1.807) is 36.3 Å². The lowest BCUT2D eigenvalue weighted by Crippen LogP contribution is -2.04. The molecule has 0 saturated carbocycles. The van der Waals surface area contributed by atoms with Crippen LogP contribution in [-0.2, 0) is 6.42 Å². The lowest BCUT2D eigenvalue weighted by atomic mass is 10.1. The van der Waals surface area contributed by atoms with Crippen LogP contribution in [0, 0.1) is 6.07 Å². The Bertz CT molecular complexity index is 1050. The molecular formula is C20H18N5O. The third-order valence-electron chi connectivity index (χ3n) is 4.31. The second-order valence-corrected chi connectivity index (χ2v) is 6.09. The highest BCUT2D eigenvalue weighted by molar-refractivity contribution is 5.83. The summed E-state index contributed by atoms with van der Waals surface area (Å²) in [5, 5.41) is 15.3. The van der Waals surface area contributed by atoms with Crippen molar-refractivity contribution in [2.75, 3.05) is 0 Å². The van der Waals surface area contributed by atoms with Crippen molar-refractivity contribution in [2.45, 2.75) is 26.4 Å². The van der Waals surface area contributed by atoms with E-state index in [1.807, 2.05) is 24.3 Å². The number of aliphatic hydroxyl groups is 1. The number of aromatic nitrogens is 5. The average molecular weight is 344 g/mol. The maximum Gasteiger partial charge on any atom is 0.251 e. The molecule has 3 aromatic heterocycles. The van der Waals surface area contributed by atoms with E-state index in [2.05, 4.69) is 33.0 Å². The van der Waals surface area contributed by atoms with Gasteiger partial charge < -0.3 is 5.11 Å².